The van der Waals surface area contributed by atoms with Gasteiger partial charge in [0.15, 0.2) is 5.79 Å². The van der Waals surface area contributed by atoms with E-state index in [0.29, 0.717) is 12.3 Å². The van der Waals surface area contributed by atoms with Crippen LogP contribution in [0.1, 0.15) is 40.5 Å². The molecular weight excluding hydrogens is 140 g/mol. The number of hydrogen-bond acceptors (Lipinski definition) is 2. The van der Waals surface area contributed by atoms with E-state index in [1.807, 2.05) is 13.8 Å². The van der Waals surface area contributed by atoms with Crippen molar-refractivity contribution < 1.29 is 10.2 Å². The van der Waals surface area contributed by atoms with Crippen LogP contribution in [0.25, 0.3) is 0 Å². The molecule has 0 aliphatic carbocycles. The van der Waals surface area contributed by atoms with Gasteiger partial charge in [-0.25, -0.2) is 0 Å². The lowest BCUT2D eigenvalue weighted by Crippen LogP contribution is -2.38. The molecule has 2 heteroatoms. The molecule has 0 amide bonds. The van der Waals surface area contributed by atoms with Crippen LogP contribution in [0.5, 0.6) is 0 Å². The first-order valence-electron chi connectivity index (χ1n) is 4.40. The van der Waals surface area contributed by atoms with Crippen LogP contribution in [0.15, 0.2) is 0 Å². The zero-order valence-corrected chi connectivity index (χ0v) is 7.96. The van der Waals surface area contributed by atoms with Gasteiger partial charge in [0.1, 0.15) is 0 Å². The highest BCUT2D eigenvalue weighted by atomic mass is 16.5. The second-order valence-corrected chi connectivity index (χ2v) is 3.41. The van der Waals surface area contributed by atoms with Gasteiger partial charge in [0.05, 0.1) is 0 Å². The van der Waals surface area contributed by atoms with Gasteiger partial charge in [-0.3, -0.25) is 0 Å². The van der Waals surface area contributed by atoms with Gasteiger partial charge in [-0.1, -0.05) is 34.1 Å². The van der Waals surface area contributed by atoms with Crippen molar-refractivity contribution in [1.29, 1.82) is 0 Å². The van der Waals surface area contributed by atoms with Gasteiger partial charge < -0.3 is 10.2 Å². The van der Waals surface area contributed by atoms with Crippen molar-refractivity contribution in [1.82, 2.24) is 0 Å². The first-order chi connectivity index (χ1) is 4.95. The van der Waals surface area contributed by atoms with Crippen molar-refractivity contribution >= 4 is 0 Å². The Morgan fingerprint density at radius 1 is 1.18 bits per heavy atom. The summed E-state index contributed by atoms with van der Waals surface area (Å²) in [4.78, 5) is 0. The summed E-state index contributed by atoms with van der Waals surface area (Å²) in [6.45, 7) is 7.78. The fourth-order valence-corrected chi connectivity index (χ4v) is 1.13. The molecule has 0 spiro atoms. The summed E-state index contributed by atoms with van der Waals surface area (Å²) in [6, 6.07) is 0. The normalized spacial score (nSPS) is 18.0. The van der Waals surface area contributed by atoms with E-state index in [4.69, 9.17) is 0 Å². The van der Waals surface area contributed by atoms with E-state index in [0.717, 1.165) is 6.42 Å². The van der Waals surface area contributed by atoms with E-state index in [2.05, 4.69) is 6.92 Å². The molecule has 0 fully saturated rings. The molecular formula is C9H20O2. The molecule has 0 aliphatic heterocycles. The third kappa shape index (κ3) is 2.80. The van der Waals surface area contributed by atoms with E-state index >= 15 is 0 Å². The number of rotatable bonds is 4. The average Bonchev–Trinajstić information content (AvgIpc) is 2.01. The Morgan fingerprint density at radius 3 is 1.91 bits per heavy atom. The maximum absolute atomic E-state index is 9.45. The minimum atomic E-state index is -1.48. The second-order valence-electron chi connectivity index (χ2n) is 3.41. The Balaban J connectivity index is 4.10. The molecule has 2 nitrogen and oxygen atoms in total. The molecule has 11 heavy (non-hydrogen) atoms. The molecule has 0 saturated heterocycles. The highest BCUT2D eigenvalue weighted by Crippen LogP contribution is 2.26. The summed E-state index contributed by atoms with van der Waals surface area (Å²) < 4.78 is 0. The molecule has 2 N–H and O–H groups in total. The quantitative estimate of drug-likeness (QED) is 0.615. The van der Waals surface area contributed by atoms with Crippen molar-refractivity contribution in [2.45, 2.75) is 46.3 Å². The summed E-state index contributed by atoms with van der Waals surface area (Å²) in [7, 11) is 0. The van der Waals surface area contributed by atoms with Crippen LogP contribution < -0.4 is 0 Å². The van der Waals surface area contributed by atoms with Crippen LogP contribution in [0.2, 0.25) is 0 Å². The molecule has 0 aromatic rings. The fourth-order valence-electron chi connectivity index (χ4n) is 1.13. The lowest BCUT2D eigenvalue weighted by atomic mass is 9.85. The van der Waals surface area contributed by atoms with Crippen LogP contribution in [-0.2, 0) is 0 Å². The van der Waals surface area contributed by atoms with Gasteiger partial charge in [0.25, 0.3) is 0 Å². The third-order valence-electron chi connectivity index (χ3n) is 2.75. The van der Waals surface area contributed by atoms with Gasteiger partial charge in [-0.05, 0) is 12.3 Å². The van der Waals surface area contributed by atoms with Crippen LogP contribution in [0, 0.1) is 11.8 Å². The standard InChI is InChI=1S/C9H20O2/c1-5-7(3)8(4)9(10,11)6-2/h7-8,10-11H,5-6H2,1-4H3. The van der Waals surface area contributed by atoms with Crippen LogP contribution in [0.3, 0.4) is 0 Å². The molecule has 0 aromatic carbocycles. The van der Waals surface area contributed by atoms with Gasteiger partial charge in [-0.15, -0.1) is 0 Å². The highest BCUT2D eigenvalue weighted by molar-refractivity contribution is 4.74. The molecule has 68 valence electrons. The lowest BCUT2D eigenvalue weighted by Gasteiger charge is -2.31. The summed E-state index contributed by atoms with van der Waals surface area (Å²) in [5, 5.41) is 18.9. The molecule has 0 rings (SSSR count). The monoisotopic (exact) mass is 160 g/mol. The van der Waals surface area contributed by atoms with Crippen molar-refractivity contribution in [3.05, 3.63) is 0 Å². The second kappa shape index (κ2) is 4.07. The minimum absolute atomic E-state index is 0.0440. The van der Waals surface area contributed by atoms with Crippen molar-refractivity contribution in [2.24, 2.45) is 11.8 Å². The molecule has 0 heterocycles. The first-order valence-corrected chi connectivity index (χ1v) is 4.40. The largest absolute Gasteiger partial charge is 0.365 e. The molecule has 2 unspecified atom stereocenters. The Morgan fingerprint density at radius 2 is 1.64 bits per heavy atom. The predicted molar refractivity (Wildman–Crippen MR) is 46.1 cm³/mol. The molecule has 0 aromatic heterocycles. The number of aliphatic hydroxyl groups is 2. The SMILES string of the molecule is CCC(C)C(C)C(O)(O)CC. The van der Waals surface area contributed by atoms with Crippen LogP contribution >= 0.6 is 0 Å². The molecule has 0 saturated carbocycles. The fraction of sp³-hybridized carbons (Fsp3) is 1.00. The maximum atomic E-state index is 9.45. The maximum Gasteiger partial charge on any atom is 0.165 e. The molecule has 0 radical (unpaired) electrons. The predicted octanol–water partition coefficient (Wildman–Crippen LogP) is 1.76. The Kier molecular flexibility index (Phi) is 4.04. The van der Waals surface area contributed by atoms with Gasteiger partial charge in [0, 0.05) is 5.92 Å². The number of hydrogen-bond donors (Lipinski definition) is 2. The van der Waals surface area contributed by atoms with Crippen LogP contribution in [0.4, 0.5) is 0 Å². The molecule has 2 atom stereocenters. The highest BCUT2D eigenvalue weighted by Gasteiger charge is 2.31. The van der Waals surface area contributed by atoms with Gasteiger partial charge in [-0.2, -0.15) is 0 Å². The van der Waals surface area contributed by atoms with Gasteiger partial charge >= 0.3 is 0 Å². The summed E-state index contributed by atoms with van der Waals surface area (Å²) in [5.41, 5.74) is 0. The average molecular weight is 160 g/mol. The minimum Gasteiger partial charge on any atom is -0.365 e. The molecule has 0 aliphatic rings. The topological polar surface area (TPSA) is 40.5 Å². The van der Waals surface area contributed by atoms with E-state index in [1.54, 1.807) is 6.92 Å². The third-order valence-corrected chi connectivity index (χ3v) is 2.75. The van der Waals surface area contributed by atoms with E-state index in [9.17, 15) is 10.2 Å². The van der Waals surface area contributed by atoms with Gasteiger partial charge in [0.2, 0.25) is 0 Å². The zero-order valence-electron chi connectivity index (χ0n) is 7.96. The summed E-state index contributed by atoms with van der Waals surface area (Å²) in [5.74, 6) is -1.16. The Bertz CT molecular complexity index is 110. The lowest BCUT2D eigenvalue weighted by molar-refractivity contribution is -0.208. The zero-order chi connectivity index (χ0) is 9.07. The van der Waals surface area contributed by atoms with Crippen LogP contribution in [-0.4, -0.2) is 16.0 Å². The van der Waals surface area contributed by atoms with Crippen molar-refractivity contribution in [3.63, 3.8) is 0 Å². The van der Waals surface area contributed by atoms with E-state index in [1.165, 1.54) is 0 Å². The van der Waals surface area contributed by atoms with Crippen molar-refractivity contribution in [2.75, 3.05) is 0 Å². The Labute approximate surface area is 69.2 Å². The summed E-state index contributed by atoms with van der Waals surface area (Å²) in [6.07, 6.45) is 1.39. The Hall–Kier alpha value is -0.0800. The van der Waals surface area contributed by atoms with E-state index < -0.39 is 5.79 Å². The smallest absolute Gasteiger partial charge is 0.165 e. The van der Waals surface area contributed by atoms with E-state index in [-0.39, 0.29) is 5.92 Å². The molecule has 0 bridgehead atoms. The van der Waals surface area contributed by atoms with Crippen molar-refractivity contribution in [3.8, 4) is 0 Å². The first kappa shape index (κ1) is 10.9. The summed E-state index contributed by atoms with van der Waals surface area (Å²) >= 11 is 0.